The van der Waals surface area contributed by atoms with Crippen LogP contribution < -0.4 is 16.0 Å². The largest absolute Gasteiger partial charge is 0.314 e. The highest BCUT2D eigenvalue weighted by molar-refractivity contribution is 9.09. The molecule has 3 N–H and O–H groups in total. The first kappa shape index (κ1) is 5.24. The second-order valence-corrected chi connectivity index (χ2v) is 4.43. The van der Waals surface area contributed by atoms with Crippen LogP contribution in [-0.2, 0) is 0 Å². The highest BCUT2D eigenvalue weighted by Crippen LogP contribution is 2.20. The van der Waals surface area contributed by atoms with Gasteiger partial charge in [0.25, 0.3) is 0 Å². The maximum atomic E-state index is 8.70. The summed E-state index contributed by atoms with van der Waals surface area (Å²) in [5, 5.41) is 4.25. The highest BCUT2D eigenvalue weighted by atomic mass is 79.9. The van der Waals surface area contributed by atoms with Gasteiger partial charge in [0.2, 0.25) is 0 Å². The molecule has 90 valence electrons. The Bertz CT molecular complexity index is 571. The monoisotopic (exact) mass is 295 g/mol. The number of halogens is 1. The Labute approximate surface area is 116 Å². The Kier molecular flexibility index (Phi) is 1.51. The minimum atomic E-state index is -2.65. The summed E-state index contributed by atoms with van der Waals surface area (Å²) < 4.78 is 66.1. The first-order valence-corrected chi connectivity index (χ1v) is 5.94. The molecule has 0 spiro atoms. The molecule has 16 heavy (non-hydrogen) atoms. The van der Waals surface area contributed by atoms with Gasteiger partial charge in [-0.2, -0.15) is 0 Å². The van der Waals surface area contributed by atoms with Gasteiger partial charge in [0.05, 0.1) is 15.1 Å². The van der Waals surface area contributed by atoms with Crippen LogP contribution in [0.5, 0.6) is 0 Å². The molecule has 0 aromatic heterocycles. The van der Waals surface area contributed by atoms with Crippen molar-refractivity contribution in [3.05, 3.63) is 12.3 Å². The van der Waals surface area contributed by atoms with Crippen LogP contribution >= 0.6 is 15.9 Å². The fourth-order valence-corrected chi connectivity index (χ4v) is 2.13. The van der Waals surface area contributed by atoms with Gasteiger partial charge >= 0.3 is 0 Å². The van der Waals surface area contributed by atoms with Crippen molar-refractivity contribution in [3.63, 3.8) is 0 Å². The summed E-state index contributed by atoms with van der Waals surface area (Å²) in [5.74, 6) is 0. The van der Waals surface area contributed by atoms with Gasteiger partial charge in [-0.25, -0.2) is 5.42 Å². The number of hydrogen-bond donors (Lipinski definition) is 3. The zero-order valence-electron chi connectivity index (χ0n) is 16.6. The zero-order valence-corrected chi connectivity index (χ0v) is 10.2. The first-order chi connectivity index (χ1) is 10.9. The summed E-state index contributed by atoms with van der Waals surface area (Å²) in [6.45, 7) is -0.796. The van der Waals surface area contributed by atoms with Gasteiger partial charge in [-0.1, -0.05) is 15.9 Å². The molecule has 0 aromatic carbocycles. The Morgan fingerprint density at radius 2 is 2.38 bits per heavy atom. The number of fused-ring (bicyclic) bond motifs is 1. The molecule has 0 saturated carbocycles. The third kappa shape index (κ3) is 2.00. The van der Waals surface area contributed by atoms with Crippen molar-refractivity contribution in [2.24, 2.45) is 0 Å². The Morgan fingerprint density at radius 3 is 3.19 bits per heavy atom. The minimum absolute atomic E-state index is 0.273. The van der Waals surface area contributed by atoms with Gasteiger partial charge in [-0.15, -0.1) is 0 Å². The van der Waals surface area contributed by atoms with E-state index in [1.165, 1.54) is 4.90 Å². The summed E-state index contributed by atoms with van der Waals surface area (Å²) in [6.07, 6.45) is -3.51. The van der Waals surface area contributed by atoms with E-state index < -0.39 is 23.6 Å². The summed E-state index contributed by atoms with van der Waals surface area (Å²) in [7, 11) is 0. The van der Waals surface area contributed by atoms with Crippen LogP contribution in [-0.4, -0.2) is 59.7 Å². The minimum Gasteiger partial charge on any atom is -0.314 e. The molecule has 0 aromatic rings. The number of hydrazine groups is 1. The van der Waals surface area contributed by atoms with Crippen LogP contribution in [0, 0.1) is 0 Å². The van der Waals surface area contributed by atoms with Crippen molar-refractivity contribution >= 4 is 15.9 Å². The number of alkyl halides is 1. The van der Waals surface area contributed by atoms with Crippen molar-refractivity contribution < 1.29 is 11.0 Å². The number of hydrogen-bond acceptors (Lipinski definition) is 5. The average molecular weight is 296 g/mol. The molecule has 0 aliphatic carbocycles. The molecule has 0 radical (unpaired) electrons. The molecule has 3 atom stereocenters. The highest BCUT2D eigenvalue weighted by Gasteiger charge is 2.35. The first-order valence-electron chi connectivity index (χ1n) is 9.04. The predicted octanol–water partition coefficient (Wildman–Crippen LogP) is -0.756. The molecule has 2 saturated heterocycles. The van der Waals surface area contributed by atoms with E-state index in [2.05, 4.69) is 21.2 Å². The number of piperazine rings is 1. The van der Waals surface area contributed by atoms with Gasteiger partial charge in [-0.05, 0) is 6.05 Å². The summed E-state index contributed by atoms with van der Waals surface area (Å²) in [4.78, 5) is -0.887. The number of rotatable bonds is 1. The van der Waals surface area contributed by atoms with Crippen LogP contribution in [0.4, 0.5) is 0 Å². The molecule has 3 unspecified atom stereocenters. The lowest BCUT2D eigenvalue weighted by molar-refractivity contribution is 0.115. The second kappa shape index (κ2) is 4.62. The maximum absolute atomic E-state index is 8.70. The van der Waals surface area contributed by atoms with E-state index in [1.807, 2.05) is 0 Å². The molecule has 3 aliphatic rings. The van der Waals surface area contributed by atoms with Crippen LogP contribution in [0.15, 0.2) is 12.3 Å². The predicted molar refractivity (Wildman–Crippen MR) is 66.9 cm³/mol. The maximum Gasteiger partial charge on any atom is 0.148 e. The van der Waals surface area contributed by atoms with E-state index in [0.29, 0.717) is 36.5 Å². The van der Waals surface area contributed by atoms with Gasteiger partial charge < -0.3 is 5.32 Å². The molecule has 2 fully saturated rings. The molecular formula is C10H18BrN5. The van der Waals surface area contributed by atoms with Gasteiger partial charge in [0, 0.05) is 43.0 Å². The van der Waals surface area contributed by atoms with E-state index in [4.69, 9.17) is 11.0 Å². The zero-order chi connectivity index (χ0) is 18.1. The van der Waals surface area contributed by atoms with Crippen molar-refractivity contribution in [1.29, 1.82) is 0 Å². The third-order valence-electron chi connectivity index (χ3n) is 2.61. The summed E-state index contributed by atoms with van der Waals surface area (Å²) in [5.41, 5.74) is 0.273. The van der Waals surface area contributed by atoms with Gasteiger partial charge in [0.1, 0.15) is 8.97 Å². The number of nitrogens with one attached hydrogen (secondary N) is 3. The van der Waals surface area contributed by atoms with E-state index in [-0.39, 0.29) is 11.5 Å². The molecule has 3 aliphatic heterocycles. The third-order valence-corrected chi connectivity index (χ3v) is 3.15. The quantitative estimate of drug-likeness (QED) is 0.555. The van der Waals surface area contributed by atoms with Crippen molar-refractivity contribution in [2.45, 2.75) is 17.1 Å². The Morgan fingerprint density at radius 1 is 1.56 bits per heavy atom. The van der Waals surface area contributed by atoms with Crippen LogP contribution in [0.25, 0.3) is 0 Å². The smallest absolute Gasteiger partial charge is 0.148 e. The molecule has 3 heterocycles. The second-order valence-electron chi connectivity index (χ2n) is 3.64. The van der Waals surface area contributed by atoms with E-state index in [1.54, 1.807) is 0 Å². The summed E-state index contributed by atoms with van der Waals surface area (Å²) in [6, 6.07) is -0.361. The lowest BCUT2D eigenvalue weighted by atomic mass is 10.2. The molecule has 3 rings (SSSR count). The number of nitrogens with zero attached hydrogens (tertiary/aromatic N) is 2. The van der Waals surface area contributed by atoms with Crippen LogP contribution in [0.3, 0.4) is 0 Å². The van der Waals surface area contributed by atoms with E-state index >= 15 is 0 Å². The summed E-state index contributed by atoms with van der Waals surface area (Å²) >= 11 is 2.87. The molecular weight excluding hydrogens is 270 g/mol. The van der Waals surface area contributed by atoms with E-state index in [9.17, 15) is 0 Å². The Hall–Kier alpha value is -0.140. The lowest BCUT2D eigenvalue weighted by Gasteiger charge is -2.40. The van der Waals surface area contributed by atoms with E-state index in [0.717, 1.165) is 6.20 Å². The molecule has 0 amide bonds. The van der Waals surface area contributed by atoms with Crippen molar-refractivity contribution in [1.82, 2.24) is 26.0 Å². The van der Waals surface area contributed by atoms with Crippen molar-refractivity contribution in [3.8, 4) is 0 Å². The fraction of sp³-hybridized carbons (Fsp3) is 0.800. The average Bonchev–Trinajstić information content (AvgIpc) is 2.64. The molecule has 6 heteroatoms. The van der Waals surface area contributed by atoms with Gasteiger partial charge in [0.15, 0.2) is 0 Å². The topological polar surface area (TPSA) is 42.6 Å². The SMILES string of the molecule is [2H]C1=CN2N([2H])C([2H])([2H])C([2H])(Br)C2([2H])N([2H])C1([2H])N1CCNCC1. The van der Waals surface area contributed by atoms with Crippen LogP contribution in [0.2, 0.25) is 2.82 Å². The van der Waals surface area contributed by atoms with Crippen LogP contribution in [0.1, 0.15) is 8.22 Å². The van der Waals surface area contributed by atoms with Gasteiger partial charge in [-0.3, -0.25) is 15.2 Å². The lowest BCUT2D eigenvalue weighted by Crippen LogP contribution is -2.60. The van der Waals surface area contributed by atoms with Crippen molar-refractivity contribution in [2.75, 3.05) is 32.7 Å². The fourth-order valence-electron chi connectivity index (χ4n) is 1.78. The molecule has 0 bridgehead atoms. The Balaban J connectivity index is 2.14. The molecule has 5 nitrogen and oxygen atoms in total. The standard InChI is InChI=1S/C10H18BrN5/c11-8-7-13-16-4-1-9(14-10(8)16)15-5-2-12-3-6-15/h1,4,8-10,12-14H,2-3,5-7H2/i1D,7D2,8D,9D,10D/hD2. The normalized spacial score (nSPS) is 67.3.